The number of nitrogens with one attached hydrogen (secondary N) is 1. The van der Waals surface area contributed by atoms with E-state index in [1.165, 1.54) is 5.56 Å². The van der Waals surface area contributed by atoms with Gasteiger partial charge in [-0.25, -0.2) is 4.98 Å². The van der Waals surface area contributed by atoms with E-state index in [0.717, 1.165) is 28.6 Å². The largest absolute Gasteiger partial charge is 0.350 e. The maximum absolute atomic E-state index is 13.8. The van der Waals surface area contributed by atoms with E-state index in [1.807, 2.05) is 78.2 Å². The van der Waals surface area contributed by atoms with Crippen LogP contribution in [0.25, 0.3) is 11.0 Å². The third-order valence-corrected chi connectivity index (χ3v) is 6.71. The van der Waals surface area contributed by atoms with E-state index in [-0.39, 0.29) is 11.8 Å². The number of benzene rings is 3. The molecule has 0 spiro atoms. The summed E-state index contributed by atoms with van der Waals surface area (Å²) in [5, 5.41) is 3.07. The molecule has 34 heavy (non-hydrogen) atoms. The van der Waals surface area contributed by atoms with E-state index in [4.69, 9.17) is 0 Å². The summed E-state index contributed by atoms with van der Waals surface area (Å²) in [5.41, 5.74) is 3.77. The van der Waals surface area contributed by atoms with Crippen LogP contribution in [0.1, 0.15) is 41.2 Å². The Hall–Kier alpha value is -3.93. The number of fused-ring (bicyclic) bond motifs is 3. The van der Waals surface area contributed by atoms with Crippen LogP contribution in [0.3, 0.4) is 0 Å². The van der Waals surface area contributed by atoms with Crippen LogP contribution < -0.4 is 5.32 Å². The van der Waals surface area contributed by atoms with Gasteiger partial charge in [0.2, 0.25) is 5.91 Å². The van der Waals surface area contributed by atoms with Crippen molar-refractivity contribution in [2.75, 3.05) is 0 Å². The average Bonchev–Trinajstić information content (AvgIpc) is 3.24. The number of para-hydroxylation sites is 2. The highest BCUT2D eigenvalue weighted by Gasteiger charge is 2.48. The molecule has 4 aromatic rings. The van der Waals surface area contributed by atoms with Gasteiger partial charge in [-0.15, -0.1) is 0 Å². The van der Waals surface area contributed by atoms with Crippen LogP contribution in [0.2, 0.25) is 0 Å². The van der Waals surface area contributed by atoms with Crippen molar-refractivity contribution in [1.82, 2.24) is 19.8 Å². The van der Waals surface area contributed by atoms with Crippen LogP contribution in [0.5, 0.6) is 0 Å². The zero-order chi connectivity index (χ0) is 23.7. The number of nitrogens with zero attached hydrogens (tertiary/aromatic N) is 3. The first-order valence-corrected chi connectivity index (χ1v) is 11.7. The van der Waals surface area contributed by atoms with Crippen molar-refractivity contribution in [3.8, 4) is 0 Å². The summed E-state index contributed by atoms with van der Waals surface area (Å²) in [6.45, 7) is 5.04. The number of amides is 2. The van der Waals surface area contributed by atoms with Crippen molar-refractivity contribution in [3.63, 3.8) is 0 Å². The average molecular weight is 453 g/mol. The zero-order valence-corrected chi connectivity index (χ0v) is 19.5. The summed E-state index contributed by atoms with van der Waals surface area (Å²) in [5.74, 6) is -0.0441. The van der Waals surface area contributed by atoms with E-state index < -0.39 is 5.54 Å². The van der Waals surface area contributed by atoms with Gasteiger partial charge < -0.3 is 14.8 Å². The molecule has 172 valence electrons. The van der Waals surface area contributed by atoms with Crippen LogP contribution in [-0.4, -0.2) is 31.8 Å². The molecule has 0 bridgehead atoms. The van der Waals surface area contributed by atoms with E-state index in [9.17, 15) is 9.59 Å². The van der Waals surface area contributed by atoms with Gasteiger partial charge in [-0.3, -0.25) is 9.59 Å². The fraction of sp³-hybridized carbons (Fsp3) is 0.250. The number of aromatic nitrogens is 2. The summed E-state index contributed by atoms with van der Waals surface area (Å²) in [6.07, 6.45) is 0.951. The number of hydrogen-bond acceptors (Lipinski definition) is 3. The molecule has 0 saturated carbocycles. The number of carbonyl (C=O) groups excluding carboxylic acids is 2. The molecule has 1 aliphatic rings. The van der Waals surface area contributed by atoms with Crippen molar-refractivity contribution in [2.45, 2.75) is 45.4 Å². The van der Waals surface area contributed by atoms with Gasteiger partial charge in [-0.2, -0.15) is 0 Å². The smallest absolute Gasteiger partial charge is 0.291 e. The van der Waals surface area contributed by atoms with E-state index in [2.05, 4.69) is 29.4 Å². The first-order chi connectivity index (χ1) is 16.5. The molecule has 2 amide bonds. The second-order valence-electron chi connectivity index (χ2n) is 9.01. The predicted octanol–water partition coefficient (Wildman–Crippen LogP) is 4.33. The molecule has 0 aliphatic carbocycles. The third-order valence-electron chi connectivity index (χ3n) is 6.71. The Bertz CT molecular complexity index is 1340. The van der Waals surface area contributed by atoms with E-state index >= 15 is 0 Å². The summed E-state index contributed by atoms with van der Waals surface area (Å²) < 4.78 is 1.89. The maximum atomic E-state index is 13.8. The highest BCUT2D eigenvalue weighted by molar-refractivity contribution is 6.01. The molecule has 1 aromatic heterocycles. The second-order valence-corrected chi connectivity index (χ2v) is 9.01. The Morgan fingerprint density at radius 2 is 1.62 bits per heavy atom. The van der Waals surface area contributed by atoms with E-state index in [0.29, 0.717) is 25.5 Å². The Balaban J connectivity index is 1.52. The quantitative estimate of drug-likeness (QED) is 0.474. The molecule has 3 aromatic carbocycles. The third kappa shape index (κ3) is 3.85. The molecule has 6 heteroatoms. The van der Waals surface area contributed by atoms with Crippen LogP contribution in [-0.2, 0) is 30.8 Å². The first-order valence-electron chi connectivity index (χ1n) is 11.7. The molecule has 6 nitrogen and oxygen atoms in total. The molecule has 2 heterocycles. The number of hydrogen-bond donors (Lipinski definition) is 1. The zero-order valence-electron chi connectivity index (χ0n) is 19.5. The van der Waals surface area contributed by atoms with Crippen LogP contribution in [0, 0.1) is 0 Å². The predicted molar refractivity (Wildman–Crippen MR) is 132 cm³/mol. The van der Waals surface area contributed by atoms with Crippen molar-refractivity contribution < 1.29 is 9.59 Å². The van der Waals surface area contributed by atoms with Gasteiger partial charge in [0, 0.05) is 13.1 Å². The Labute approximate surface area is 199 Å². The molecule has 1 aliphatic heterocycles. The van der Waals surface area contributed by atoms with Crippen molar-refractivity contribution in [1.29, 1.82) is 0 Å². The molecule has 0 radical (unpaired) electrons. The molecule has 1 unspecified atom stereocenters. The summed E-state index contributed by atoms with van der Waals surface area (Å²) in [6, 6.07) is 25.7. The topological polar surface area (TPSA) is 67.2 Å². The lowest BCUT2D eigenvalue weighted by atomic mass is 9.94. The standard InChI is InChI=1S/C28H28N4O2/c1-3-20-13-15-22(16-14-20)18-32-26(33)25-30-23-11-7-8-12-24(23)31(25)19-28(32,2)27(34)29-17-21-9-5-4-6-10-21/h4-16H,3,17-19H2,1-2H3,(H,29,34). The summed E-state index contributed by atoms with van der Waals surface area (Å²) >= 11 is 0. The Morgan fingerprint density at radius 3 is 2.35 bits per heavy atom. The molecular weight excluding hydrogens is 424 g/mol. The monoisotopic (exact) mass is 452 g/mol. The molecule has 0 saturated heterocycles. The van der Waals surface area contributed by atoms with E-state index in [1.54, 1.807) is 4.90 Å². The van der Waals surface area contributed by atoms with Gasteiger partial charge in [-0.05, 0) is 42.2 Å². The molecule has 1 N–H and O–H groups in total. The fourth-order valence-electron chi connectivity index (χ4n) is 4.61. The first kappa shape index (κ1) is 21.9. The van der Waals surface area contributed by atoms with Crippen molar-refractivity contribution in [2.24, 2.45) is 0 Å². The minimum atomic E-state index is -1.08. The number of aryl methyl sites for hydroxylation is 1. The summed E-state index contributed by atoms with van der Waals surface area (Å²) in [4.78, 5) is 33.7. The van der Waals surface area contributed by atoms with Crippen molar-refractivity contribution >= 4 is 22.8 Å². The van der Waals surface area contributed by atoms with Crippen LogP contribution in [0.15, 0.2) is 78.9 Å². The highest BCUT2D eigenvalue weighted by atomic mass is 16.2. The number of carbonyl (C=O) groups is 2. The lowest BCUT2D eigenvalue weighted by Crippen LogP contribution is -2.63. The van der Waals surface area contributed by atoms with Gasteiger partial charge in [0.05, 0.1) is 17.6 Å². The lowest BCUT2D eigenvalue weighted by molar-refractivity contribution is -0.133. The summed E-state index contributed by atoms with van der Waals surface area (Å²) in [7, 11) is 0. The van der Waals surface area contributed by atoms with Crippen LogP contribution in [0.4, 0.5) is 0 Å². The normalized spacial score (nSPS) is 17.6. The molecular formula is C28H28N4O2. The Morgan fingerprint density at radius 1 is 0.941 bits per heavy atom. The van der Waals surface area contributed by atoms with Gasteiger partial charge in [0.1, 0.15) is 5.54 Å². The minimum absolute atomic E-state index is 0.182. The van der Waals surface area contributed by atoms with Gasteiger partial charge >= 0.3 is 0 Å². The molecule has 0 fully saturated rings. The highest BCUT2D eigenvalue weighted by Crippen LogP contribution is 2.32. The minimum Gasteiger partial charge on any atom is -0.350 e. The fourth-order valence-corrected chi connectivity index (χ4v) is 4.61. The Kier molecular flexibility index (Phi) is 5.65. The molecule has 5 rings (SSSR count). The number of rotatable bonds is 6. The SMILES string of the molecule is CCc1ccc(CN2C(=O)c3nc4ccccc4n3CC2(C)C(=O)NCc2ccccc2)cc1. The molecule has 1 atom stereocenters. The second kappa shape index (κ2) is 8.78. The van der Waals surface area contributed by atoms with Crippen molar-refractivity contribution in [3.05, 3.63) is 101 Å². The maximum Gasteiger partial charge on any atom is 0.291 e. The lowest BCUT2D eigenvalue weighted by Gasteiger charge is -2.43. The van der Waals surface area contributed by atoms with Gasteiger partial charge in [0.15, 0.2) is 5.82 Å². The van der Waals surface area contributed by atoms with Crippen LogP contribution >= 0.6 is 0 Å². The van der Waals surface area contributed by atoms with Gasteiger partial charge in [0.25, 0.3) is 5.91 Å². The number of imidazole rings is 1. The van der Waals surface area contributed by atoms with Gasteiger partial charge in [-0.1, -0.05) is 73.7 Å².